The number of carboxylic acids is 1. The normalized spacial score (nSPS) is 38.8. The summed E-state index contributed by atoms with van der Waals surface area (Å²) in [5, 5.41) is 20.4. The van der Waals surface area contributed by atoms with Crippen LogP contribution >= 0.6 is 23.2 Å². The molecule has 0 heterocycles. The maximum atomic E-state index is 12.2. The van der Waals surface area contributed by atoms with Crippen molar-refractivity contribution in [1.29, 1.82) is 0 Å². The number of carbonyl (C=O) groups is 1. The number of hydrogen-bond acceptors (Lipinski definition) is 2. The monoisotopic (exact) mass is 358 g/mol. The highest BCUT2D eigenvalue weighted by Gasteiger charge is 2.79. The van der Waals surface area contributed by atoms with Crippen molar-refractivity contribution >= 4 is 29.2 Å². The summed E-state index contributed by atoms with van der Waals surface area (Å²) in [7, 11) is 0. The maximum Gasteiger partial charge on any atom is 0.311 e. The van der Waals surface area contributed by atoms with Crippen molar-refractivity contribution in [1.82, 2.24) is 0 Å². The highest BCUT2D eigenvalue weighted by Crippen LogP contribution is 2.76. The van der Waals surface area contributed by atoms with Gasteiger partial charge in [0.2, 0.25) is 0 Å². The third kappa shape index (κ3) is 2.67. The number of carboxylic acid groups (broad SMARTS) is 1. The standard InChI is InChI=1S/C18H24Cl2O3/c1-5-6-7-11-10(2)12(8-13(11)21)18(16(22)23)14(9-15(19)20)17(18,3)4/h5-6,9,11-14,21H,2,7-8H2,1,3-4H3,(H,22,23)/b6-5-/t11-,12+,13+,14-,18?/m0/s1. The zero-order chi connectivity index (χ0) is 17.6. The van der Waals surface area contributed by atoms with Gasteiger partial charge in [-0.15, -0.1) is 0 Å². The number of allylic oxidation sites excluding steroid dienone is 3. The minimum atomic E-state index is -1.01. The lowest BCUT2D eigenvalue weighted by Gasteiger charge is -2.25. The van der Waals surface area contributed by atoms with Gasteiger partial charge in [0.15, 0.2) is 0 Å². The van der Waals surface area contributed by atoms with Crippen molar-refractivity contribution < 1.29 is 15.0 Å². The number of aliphatic carboxylic acids is 1. The van der Waals surface area contributed by atoms with Gasteiger partial charge in [0.25, 0.3) is 0 Å². The summed E-state index contributed by atoms with van der Waals surface area (Å²) < 4.78 is 0.0841. The molecule has 23 heavy (non-hydrogen) atoms. The molecule has 0 aliphatic heterocycles. The summed E-state index contributed by atoms with van der Waals surface area (Å²) in [4.78, 5) is 12.2. The molecule has 0 spiro atoms. The second-order valence-corrected chi connectivity index (χ2v) is 8.18. The lowest BCUT2D eigenvalue weighted by molar-refractivity contribution is -0.147. The minimum Gasteiger partial charge on any atom is -0.481 e. The van der Waals surface area contributed by atoms with Gasteiger partial charge in [0.05, 0.1) is 11.5 Å². The maximum absolute atomic E-state index is 12.2. The SMILES string of the molecule is C=C1[C@H](C2(C(=O)O)[C@@H](C=C(Cl)Cl)C2(C)C)C[C@@H](O)[C@H]1C/C=C\C. The van der Waals surface area contributed by atoms with Crippen molar-refractivity contribution in [3.05, 3.63) is 34.9 Å². The lowest BCUT2D eigenvalue weighted by Crippen LogP contribution is -2.30. The van der Waals surface area contributed by atoms with E-state index in [1.165, 1.54) is 0 Å². The fourth-order valence-electron chi connectivity index (χ4n) is 4.66. The molecule has 0 aromatic rings. The van der Waals surface area contributed by atoms with Gasteiger partial charge in [-0.2, -0.15) is 0 Å². The van der Waals surface area contributed by atoms with Crippen LogP contribution in [-0.2, 0) is 4.79 Å². The van der Waals surface area contributed by atoms with Crippen LogP contribution in [0.3, 0.4) is 0 Å². The second kappa shape index (κ2) is 6.27. The van der Waals surface area contributed by atoms with Crippen LogP contribution in [0.2, 0.25) is 0 Å². The molecular formula is C18H24Cl2O3. The van der Waals surface area contributed by atoms with E-state index in [-0.39, 0.29) is 22.2 Å². The molecule has 5 heteroatoms. The van der Waals surface area contributed by atoms with Gasteiger partial charge >= 0.3 is 5.97 Å². The Morgan fingerprint density at radius 2 is 2.04 bits per heavy atom. The third-order valence-electron chi connectivity index (χ3n) is 5.94. The molecule has 2 aliphatic carbocycles. The summed E-state index contributed by atoms with van der Waals surface area (Å²) in [6.07, 6.45) is 6.07. The van der Waals surface area contributed by atoms with E-state index in [2.05, 4.69) is 6.58 Å². The number of aliphatic hydroxyl groups excluding tert-OH is 1. The fourth-order valence-corrected chi connectivity index (χ4v) is 4.91. The minimum absolute atomic E-state index is 0.0841. The molecule has 0 aromatic heterocycles. The quantitative estimate of drug-likeness (QED) is 0.708. The third-order valence-corrected chi connectivity index (χ3v) is 6.19. The van der Waals surface area contributed by atoms with E-state index in [0.29, 0.717) is 12.8 Å². The molecule has 2 rings (SSSR count). The molecular weight excluding hydrogens is 335 g/mol. The molecule has 0 radical (unpaired) electrons. The van der Waals surface area contributed by atoms with Gasteiger partial charge in [-0.3, -0.25) is 4.79 Å². The Bertz CT molecular complexity index is 575. The van der Waals surface area contributed by atoms with Crippen molar-refractivity contribution in [2.45, 2.75) is 39.7 Å². The van der Waals surface area contributed by atoms with Crippen molar-refractivity contribution in [3.8, 4) is 0 Å². The average molecular weight is 359 g/mol. The zero-order valence-electron chi connectivity index (χ0n) is 13.7. The van der Waals surface area contributed by atoms with Crippen LogP contribution < -0.4 is 0 Å². The number of aliphatic hydroxyl groups is 1. The summed E-state index contributed by atoms with van der Waals surface area (Å²) in [6.45, 7) is 9.90. The molecule has 128 valence electrons. The second-order valence-electron chi connectivity index (χ2n) is 7.17. The first-order chi connectivity index (χ1) is 10.6. The molecule has 1 unspecified atom stereocenters. The molecule has 0 amide bonds. The van der Waals surface area contributed by atoms with Crippen LogP contribution in [0.15, 0.2) is 34.9 Å². The molecule has 0 saturated heterocycles. The van der Waals surface area contributed by atoms with Gasteiger partial charge in [-0.05, 0) is 37.2 Å². The van der Waals surface area contributed by atoms with Crippen LogP contribution in [0.25, 0.3) is 0 Å². The van der Waals surface area contributed by atoms with E-state index in [9.17, 15) is 15.0 Å². The Balaban J connectivity index is 2.40. The van der Waals surface area contributed by atoms with Crippen LogP contribution in [-0.4, -0.2) is 22.3 Å². The number of halogens is 2. The Kier molecular flexibility index (Phi) is 5.06. The number of rotatable bonds is 5. The first kappa shape index (κ1) is 18.6. The molecule has 2 N–H and O–H groups in total. The van der Waals surface area contributed by atoms with E-state index >= 15 is 0 Å². The summed E-state index contributed by atoms with van der Waals surface area (Å²) >= 11 is 11.6. The molecule has 5 atom stereocenters. The van der Waals surface area contributed by atoms with E-state index in [1.54, 1.807) is 6.08 Å². The first-order valence-electron chi connectivity index (χ1n) is 7.86. The van der Waals surface area contributed by atoms with Gasteiger partial charge in [-0.1, -0.05) is 61.4 Å². The highest BCUT2D eigenvalue weighted by atomic mass is 35.5. The predicted octanol–water partition coefficient (Wildman–Crippen LogP) is 4.55. The van der Waals surface area contributed by atoms with Crippen molar-refractivity contribution in [3.63, 3.8) is 0 Å². The summed E-state index contributed by atoms with van der Waals surface area (Å²) in [5.74, 6) is -1.52. The van der Waals surface area contributed by atoms with Gasteiger partial charge in [0, 0.05) is 11.8 Å². The molecule has 0 bridgehead atoms. The molecule has 2 saturated carbocycles. The van der Waals surface area contributed by atoms with Crippen molar-refractivity contribution in [2.75, 3.05) is 0 Å². The number of hydrogen-bond donors (Lipinski definition) is 2. The zero-order valence-corrected chi connectivity index (χ0v) is 15.2. The first-order valence-corrected chi connectivity index (χ1v) is 8.62. The van der Waals surface area contributed by atoms with Crippen LogP contribution in [0.5, 0.6) is 0 Å². The molecule has 0 aromatic carbocycles. The van der Waals surface area contributed by atoms with Crippen LogP contribution in [0.4, 0.5) is 0 Å². The highest BCUT2D eigenvalue weighted by molar-refractivity contribution is 6.55. The summed E-state index contributed by atoms with van der Waals surface area (Å²) in [6, 6.07) is 0. The molecule has 3 nitrogen and oxygen atoms in total. The van der Waals surface area contributed by atoms with Crippen molar-refractivity contribution in [2.24, 2.45) is 28.6 Å². The lowest BCUT2D eigenvalue weighted by atomic mass is 9.78. The van der Waals surface area contributed by atoms with E-state index in [1.807, 2.05) is 32.9 Å². The largest absolute Gasteiger partial charge is 0.481 e. The Labute approximate surface area is 147 Å². The van der Waals surface area contributed by atoms with Gasteiger partial charge in [0.1, 0.15) is 4.49 Å². The van der Waals surface area contributed by atoms with E-state index in [4.69, 9.17) is 23.2 Å². The van der Waals surface area contributed by atoms with E-state index < -0.39 is 22.9 Å². The molecule has 2 fully saturated rings. The van der Waals surface area contributed by atoms with Crippen LogP contribution in [0.1, 0.15) is 33.6 Å². The molecule has 2 aliphatic rings. The van der Waals surface area contributed by atoms with E-state index in [0.717, 1.165) is 5.57 Å². The Morgan fingerprint density at radius 3 is 2.52 bits per heavy atom. The fraction of sp³-hybridized carbons (Fsp3) is 0.611. The van der Waals surface area contributed by atoms with Gasteiger partial charge in [-0.25, -0.2) is 0 Å². The Hall–Kier alpha value is -0.770. The average Bonchev–Trinajstić information content (AvgIpc) is 2.76. The predicted molar refractivity (Wildman–Crippen MR) is 93.3 cm³/mol. The van der Waals surface area contributed by atoms with Gasteiger partial charge < -0.3 is 10.2 Å². The summed E-state index contributed by atoms with van der Waals surface area (Å²) in [5.41, 5.74) is -0.672. The smallest absolute Gasteiger partial charge is 0.311 e. The Morgan fingerprint density at radius 1 is 1.43 bits per heavy atom. The van der Waals surface area contributed by atoms with Crippen LogP contribution in [0, 0.1) is 28.6 Å². The topological polar surface area (TPSA) is 57.5 Å².